The van der Waals surface area contributed by atoms with E-state index < -0.39 is 0 Å². The summed E-state index contributed by atoms with van der Waals surface area (Å²) in [6.07, 6.45) is 3.47. The lowest BCUT2D eigenvalue weighted by Crippen LogP contribution is -1.96. The van der Waals surface area contributed by atoms with Crippen LogP contribution >= 0.6 is 0 Å². The van der Waals surface area contributed by atoms with E-state index >= 15 is 0 Å². The molecule has 4 aromatic rings. The summed E-state index contributed by atoms with van der Waals surface area (Å²) in [5.41, 5.74) is 4.58. The number of benzene rings is 2. The van der Waals surface area contributed by atoms with Gasteiger partial charge in [-0.25, -0.2) is 0 Å². The Balaban J connectivity index is 1.72. The number of hydrogen-bond acceptors (Lipinski definition) is 5. The van der Waals surface area contributed by atoms with Crippen molar-refractivity contribution in [2.24, 2.45) is 0 Å². The van der Waals surface area contributed by atoms with Gasteiger partial charge in [-0.05, 0) is 29.8 Å². The minimum Gasteiger partial charge on any atom is -0.492 e. The van der Waals surface area contributed by atoms with Crippen molar-refractivity contribution in [2.75, 3.05) is 19.5 Å². The van der Waals surface area contributed by atoms with Crippen LogP contribution in [0.3, 0.4) is 0 Å². The molecular weight excluding hydrogens is 352 g/mol. The maximum atomic E-state index is 5.71. The van der Waals surface area contributed by atoms with E-state index in [2.05, 4.69) is 20.5 Å². The van der Waals surface area contributed by atoms with Crippen LogP contribution < -0.4 is 14.8 Å². The molecule has 0 fully saturated rings. The van der Waals surface area contributed by atoms with Crippen LogP contribution in [0.5, 0.6) is 11.5 Å². The lowest BCUT2D eigenvalue weighted by atomic mass is 10.00. The highest BCUT2D eigenvalue weighted by molar-refractivity contribution is 5.82. The number of hydrogen-bond donors (Lipinski definition) is 2. The molecule has 2 aromatic heterocycles. The second kappa shape index (κ2) is 7.84. The number of ether oxygens (including phenoxy) is 2. The van der Waals surface area contributed by atoms with Gasteiger partial charge in [-0.3, -0.25) is 10.1 Å². The van der Waals surface area contributed by atoms with E-state index in [1.54, 1.807) is 26.6 Å². The van der Waals surface area contributed by atoms with Crippen molar-refractivity contribution in [3.63, 3.8) is 0 Å². The van der Waals surface area contributed by atoms with E-state index in [-0.39, 0.29) is 0 Å². The van der Waals surface area contributed by atoms with E-state index in [9.17, 15) is 0 Å². The second-order valence-corrected chi connectivity index (χ2v) is 6.13. The average molecular weight is 372 g/mol. The molecule has 28 heavy (non-hydrogen) atoms. The topological polar surface area (TPSA) is 72.1 Å². The normalized spacial score (nSPS) is 10.5. The average Bonchev–Trinajstić information content (AvgIpc) is 3.22. The number of anilines is 2. The van der Waals surface area contributed by atoms with Crippen LogP contribution in [-0.4, -0.2) is 29.4 Å². The fraction of sp³-hybridized carbons (Fsp3) is 0.0909. The minimum absolute atomic E-state index is 0.653. The van der Waals surface area contributed by atoms with Gasteiger partial charge in [0.1, 0.15) is 0 Å². The first-order valence-corrected chi connectivity index (χ1v) is 8.83. The first-order chi connectivity index (χ1) is 13.8. The fourth-order valence-corrected chi connectivity index (χ4v) is 3.13. The highest BCUT2D eigenvalue weighted by atomic mass is 16.5. The van der Waals surface area contributed by atoms with Crippen molar-refractivity contribution in [1.29, 1.82) is 0 Å². The Hall–Kier alpha value is -3.80. The van der Waals surface area contributed by atoms with Gasteiger partial charge in [0.25, 0.3) is 0 Å². The van der Waals surface area contributed by atoms with Gasteiger partial charge in [-0.15, -0.1) is 0 Å². The molecule has 2 aromatic carbocycles. The van der Waals surface area contributed by atoms with Crippen LogP contribution in [0.15, 0.2) is 73.1 Å². The molecule has 0 atom stereocenters. The number of pyridine rings is 1. The zero-order valence-corrected chi connectivity index (χ0v) is 15.6. The molecule has 2 heterocycles. The van der Waals surface area contributed by atoms with E-state index in [1.165, 1.54) is 0 Å². The molecule has 0 radical (unpaired) electrons. The largest absolute Gasteiger partial charge is 0.492 e. The molecule has 0 aliphatic heterocycles. The number of aromatic amines is 1. The van der Waals surface area contributed by atoms with Crippen molar-refractivity contribution in [3.8, 4) is 33.9 Å². The molecule has 140 valence electrons. The summed E-state index contributed by atoms with van der Waals surface area (Å²) in [7, 11) is 3.29. The van der Waals surface area contributed by atoms with E-state index in [1.807, 2.05) is 60.7 Å². The zero-order valence-electron chi connectivity index (χ0n) is 15.6. The molecule has 0 amide bonds. The lowest BCUT2D eigenvalue weighted by molar-refractivity contribution is 0.357. The van der Waals surface area contributed by atoms with Crippen molar-refractivity contribution in [3.05, 3.63) is 73.1 Å². The number of methoxy groups -OCH3 is 2. The number of nitrogens with one attached hydrogen (secondary N) is 2. The second-order valence-electron chi connectivity index (χ2n) is 6.13. The molecule has 0 aliphatic rings. The van der Waals surface area contributed by atoms with Crippen molar-refractivity contribution in [2.45, 2.75) is 0 Å². The predicted molar refractivity (Wildman–Crippen MR) is 110 cm³/mol. The van der Waals surface area contributed by atoms with Crippen molar-refractivity contribution >= 4 is 11.5 Å². The standard InChI is InChI=1S/C22H20N4O2/c1-27-21-17(15-7-4-3-5-8-15)10-11-18(22(21)28-2)19-13-20(26-25-19)24-16-9-6-12-23-14-16/h3-14H,1-2H3,(H2,24,25,26). The third kappa shape index (κ3) is 3.40. The molecule has 4 rings (SSSR count). The van der Waals surface area contributed by atoms with E-state index in [0.717, 1.165) is 28.1 Å². The summed E-state index contributed by atoms with van der Waals surface area (Å²) in [6, 6.07) is 19.8. The Morgan fingerprint density at radius 1 is 0.857 bits per heavy atom. The smallest absolute Gasteiger partial charge is 0.170 e. The van der Waals surface area contributed by atoms with Gasteiger partial charge < -0.3 is 14.8 Å². The summed E-state index contributed by atoms with van der Waals surface area (Å²) in [6.45, 7) is 0. The summed E-state index contributed by atoms with van der Waals surface area (Å²) in [4.78, 5) is 4.10. The Morgan fingerprint density at radius 3 is 2.32 bits per heavy atom. The highest BCUT2D eigenvalue weighted by Gasteiger charge is 2.18. The first-order valence-electron chi connectivity index (χ1n) is 8.83. The third-order valence-corrected chi connectivity index (χ3v) is 4.41. The Morgan fingerprint density at radius 2 is 1.61 bits per heavy atom. The third-order valence-electron chi connectivity index (χ3n) is 4.41. The van der Waals surface area contributed by atoms with Crippen LogP contribution in [0.4, 0.5) is 11.5 Å². The van der Waals surface area contributed by atoms with Crippen LogP contribution in [0.2, 0.25) is 0 Å². The van der Waals surface area contributed by atoms with E-state index in [0.29, 0.717) is 17.3 Å². The molecule has 0 saturated heterocycles. The fourth-order valence-electron chi connectivity index (χ4n) is 3.13. The van der Waals surface area contributed by atoms with Gasteiger partial charge >= 0.3 is 0 Å². The van der Waals surface area contributed by atoms with Crippen LogP contribution in [0.1, 0.15) is 0 Å². The molecule has 0 unspecified atom stereocenters. The van der Waals surface area contributed by atoms with Gasteiger partial charge in [-0.2, -0.15) is 5.10 Å². The summed E-state index contributed by atoms with van der Waals surface area (Å²) >= 11 is 0. The maximum Gasteiger partial charge on any atom is 0.170 e. The minimum atomic E-state index is 0.653. The Bertz CT molecular complexity index is 1060. The summed E-state index contributed by atoms with van der Waals surface area (Å²) in [5.74, 6) is 2.03. The van der Waals surface area contributed by atoms with Crippen molar-refractivity contribution in [1.82, 2.24) is 15.2 Å². The van der Waals surface area contributed by atoms with E-state index in [4.69, 9.17) is 9.47 Å². The van der Waals surface area contributed by atoms with Gasteiger partial charge in [0.15, 0.2) is 17.3 Å². The molecule has 2 N–H and O–H groups in total. The Labute approximate surface area is 163 Å². The maximum absolute atomic E-state index is 5.71. The molecule has 0 spiro atoms. The first kappa shape index (κ1) is 17.6. The van der Waals surface area contributed by atoms with Gasteiger partial charge in [0, 0.05) is 23.4 Å². The highest BCUT2D eigenvalue weighted by Crippen LogP contribution is 2.44. The van der Waals surface area contributed by atoms with Crippen LogP contribution in [0.25, 0.3) is 22.4 Å². The van der Waals surface area contributed by atoms with Crippen molar-refractivity contribution < 1.29 is 9.47 Å². The predicted octanol–water partition coefficient (Wildman–Crippen LogP) is 4.90. The quantitative estimate of drug-likeness (QED) is 0.504. The number of nitrogens with zero attached hydrogens (tertiary/aromatic N) is 2. The van der Waals surface area contributed by atoms with Crippen LogP contribution in [-0.2, 0) is 0 Å². The zero-order chi connectivity index (χ0) is 19.3. The molecule has 0 bridgehead atoms. The number of aromatic nitrogens is 3. The molecule has 6 heteroatoms. The lowest BCUT2D eigenvalue weighted by Gasteiger charge is -2.16. The number of H-pyrrole nitrogens is 1. The van der Waals surface area contributed by atoms with Gasteiger partial charge in [0.05, 0.1) is 31.8 Å². The molecule has 0 saturated carbocycles. The monoisotopic (exact) mass is 372 g/mol. The summed E-state index contributed by atoms with van der Waals surface area (Å²) in [5, 5.41) is 10.6. The summed E-state index contributed by atoms with van der Waals surface area (Å²) < 4.78 is 11.4. The van der Waals surface area contributed by atoms with Gasteiger partial charge in [-0.1, -0.05) is 30.3 Å². The SMILES string of the molecule is COc1c(-c2ccccc2)ccc(-c2cc(Nc3cccnc3)n[nH]2)c1OC. The molecule has 6 nitrogen and oxygen atoms in total. The van der Waals surface area contributed by atoms with Crippen LogP contribution in [0, 0.1) is 0 Å². The number of rotatable bonds is 6. The molecule has 0 aliphatic carbocycles. The molecular formula is C22H20N4O2. The Kier molecular flexibility index (Phi) is 4.93. The van der Waals surface area contributed by atoms with Gasteiger partial charge in [0.2, 0.25) is 0 Å².